The van der Waals surface area contributed by atoms with E-state index in [-0.39, 0.29) is 6.10 Å². The molecule has 3 aromatic heterocycles. The number of aromatic amines is 1. The van der Waals surface area contributed by atoms with Crippen LogP contribution < -0.4 is 9.47 Å². The van der Waals surface area contributed by atoms with Gasteiger partial charge < -0.3 is 9.47 Å². The summed E-state index contributed by atoms with van der Waals surface area (Å²) in [6.07, 6.45) is -0.264. The number of aromatic nitrogens is 6. The molecule has 0 radical (unpaired) electrons. The number of nitrogens with one attached hydrogen (secondary N) is 1. The van der Waals surface area contributed by atoms with Crippen molar-refractivity contribution in [3.05, 3.63) is 41.0 Å². The SMILES string of the molecule is Cc1cc(-c2nnc3sc([C@H]4COc5ccccc5O4)nn23)n[nH]1. The Morgan fingerprint density at radius 3 is 2.96 bits per heavy atom. The highest BCUT2D eigenvalue weighted by molar-refractivity contribution is 7.16. The maximum Gasteiger partial charge on any atom is 0.235 e. The second-order valence-electron chi connectivity index (χ2n) is 5.46. The van der Waals surface area contributed by atoms with Crippen molar-refractivity contribution in [2.45, 2.75) is 13.0 Å². The molecule has 24 heavy (non-hydrogen) atoms. The molecule has 1 aliphatic rings. The van der Waals surface area contributed by atoms with Crippen LogP contribution >= 0.6 is 11.3 Å². The van der Waals surface area contributed by atoms with E-state index >= 15 is 0 Å². The summed E-state index contributed by atoms with van der Waals surface area (Å²) in [7, 11) is 0. The monoisotopic (exact) mass is 340 g/mol. The summed E-state index contributed by atoms with van der Waals surface area (Å²) in [5.41, 5.74) is 1.67. The van der Waals surface area contributed by atoms with E-state index < -0.39 is 0 Å². The van der Waals surface area contributed by atoms with E-state index in [9.17, 15) is 0 Å². The van der Waals surface area contributed by atoms with Crippen LogP contribution in [-0.4, -0.2) is 36.6 Å². The van der Waals surface area contributed by atoms with Crippen LogP contribution in [0.2, 0.25) is 0 Å². The highest BCUT2D eigenvalue weighted by atomic mass is 32.1. The second-order valence-corrected chi connectivity index (χ2v) is 6.45. The molecule has 0 bridgehead atoms. The van der Waals surface area contributed by atoms with Gasteiger partial charge >= 0.3 is 0 Å². The number of rotatable bonds is 2. The number of aryl methyl sites for hydroxylation is 1. The first-order valence-electron chi connectivity index (χ1n) is 7.41. The van der Waals surface area contributed by atoms with Gasteiger partial charge in [0.2, 0.25) is 10.8 Å². The minimum atomic E-state index is -0.264. The van der Waals surface area contributed by atoms with Crippen molar-refractivity contribution in [1.29, 1.82) is 0 Å². The molecule has 9 heteroatoms. The minimum absolute atomic E-state index is 0.264. The fraction of sp³-hybridized carbons (Fsp3) is 0.200. The van der Waals surface area contributed by atoms with Gasteiger partial charge in [-0.25, -0.2) is 0 Å². The van der Waals surface area contributed by atoms with Gasteiger partial charge in [0.05, 0.1) is 0 Å². The smallest absolute Gasteiger partial charge is 0.235 e. The highest BCUT2D eigenvalue weighted by Gasteiger charge is 2.27. The molecule has 0 spiro atoms. The Hall–Kier alpha value is -2.94. The Morgan fingerprint density at radius 1 is 1.25 bits per heavy atom. The van der Waals surface area contributed by atoms with Crippen LogP contribution in [0.1, 0.15) is 16.8 Å². The van der Waals surface area contributed by atoms with Crippen LogP contribution in [0.4, 0.5) is 0 Å². The van der Waals surface area contributed by atoms with Gasteiger partial charge in [0.1, 0.15) is 12.3 Å². The third-order valence-electron chi connectivity index (χ3n) is 3.73. The molecule has 4 heterocycles. The quantitative estimate of drug-likeness (QED) is 0.602. The highest BCUT2D eigenvalue weighted by Crippen LogP contribution is 2.37. The van der Waals surface area contributed by atoms with Gasteiger partial charge in [-0.15, -0.1) is 10.2 Å². The number of fused-ring (bicyclic) bond motifs is 2. The number of benzene rings is 1. The van der Waals surface area contributed by atoms with Crippen LogP contribution in [0.15, 0.2) is 30.3 Å². The average molecular weight is 340 g/mol. The minimum Gasteiger partial charge on any atom is -0.485 e. The fourth-order valence-corrected chi connectivity index (χ4v) is 3.45. The van der Waals surface area contributed by atoms with E-state index in [0.717, 1.165) is 22.2 Å². The molecule has 0 fully saturated rings. The van der Waals surface area contributed by atoms with Gasteiger partial charge in [-0.05, 0) is 25.1 Å². The largest absolute Gasteiger partial charge is 0.485 e. The number of H-pyrrole nitrogens is 1. The predicted octanol–water partition coefficient (Wildman–Crippen LogP) is 2.40. The van der Waals surface area contributed by atoms with E-state index in [0.29, 0.717) is 23.1 Å². The van der Waals surface area contributed by atoms with Gasteiger partial charge in [-0.3, -0.25) is 5.10 Å². The lowest BCUT2D eigenvalue weighted by atomic mass is 10.3. The van der Waals surface area contributed by atoms with E-state index in [1.54, 1.807) is 4.52 Å². The third-order valence-corrected chi connectivity index (χ3v) is 4.72. The number of para-hydroxylation sites is 2. The molecule has 120 valence electrons. The van der Waals surface area contributed by atoms with Crippen molar-refractivity contribution >= 4 is 16.3 Å². The number of ether oxygens (including phenoxy) is 2. The summed E-state index contributed by atoms with van der Waals surface area (Å²) < 4.78 is 13.5. The first-order valence-corrected chi connectivity index (χ1v) is 8.22. The summed E-state index contributed by atoms with van der Waals surface area (Å²) in [5, 5.41) is 20.9. The van der Waals surface area contributed by atoms with E-state index in [1.807, 2.05) is 37.3 Å². The van der Waals surface area contributed by atoms with Crippen molar-refractivity contribution in [3.63, 3.8) is 0 Å². The fourth-order valence-electron chi connectivity index (χ4n) is 2.60. The standard InChI is InChI=1S/C15H12N6O2S/c1-8-6-9(17-16-8)13-18-19-15-21(13)20-14(24-15)12-7-22-10-4-2-3-5-11(10)23-12/h2-6,12H,7H2,1H3,(H,16,17)/t12-/m1/s1. The first kappa shape index (κ1) is 13.5. The molecule has 5 rings (SSSR count). The van der Waals surface area contributed by atoms with Gasteiger partial charge in [0.25, 0.3) is 0 Å². The summed E-state index contributed by atoms with van der Waals surface area (Å²) in [4.78, 5) is 0.697. The lowest BCUT2D eigenvalue weighted by Gasteiger charge is -2.24. The zero-order valence-electron chi connectivity index (χ0n) is 12.6. The molecule has 8 nitrogen and oxygen atoms in total. The molecule has 0 saturated carbocycles. The van der Waals surface area contributed by atoms with Crippen LogP contribution in [-0.2, 0) is 0 Å². The van der Waals surface area contributed by atoms with E-state index in [4.69, 9.17) is 9.47 Å². The van der Waals surface area contributed by atoms with Gasteiger partial charge in [-0.1, -0.05) is 23.5 Å². The zero-order valence-corrected chi connectivity index (χ0v) is 13.4. The van der Waals surface area contributed by atoms with Crippen LogP contribution in [0.25, 0.3) is 16.5 Å². The molecule has 0 amide bonds. The molecule has 1 atom stereocenters. The molecule has 4 aromatic rings. The molecule has 0 unspecified atom stereocenters. The Morgan fingerprint density at radius 2 is 2.12 bits per heavy atom. The molecule has 0 saturated heterocycles. The third kappa shape index (κ3) is 2.05. The van der Waals surface area contributed by atoms with E-state index in [2.05, 4.69) is 25.5 Å². The molecule has 0 aliphatic carbocycles. The Kier molecular flexibility index (Phi) is 2.83. The Balaban J connectivity index is 1.52. The summed E-state index contributed by atoms with van der Waals surface area (Å²) in [5.74, 6) is 2.08. The predicted molar refractivity (Wildman–Crippen MR) is 86.3 cm³/mol. The number of hydrogen-bond acceptors (Lipinski definition) is 7. The van der Waals surface area contributed by atoms with Crippen molar-refractivity contribution in [3.8, 4) is 23.0 Å². The van der Waals surface area contributed by atoms with Crippen LogP contribution in [0, 0.1) is 6.92 Å². The lowest BCUT2D eigenvalue weighted by molar-refractivity contribution is 0.0904. The van der Waals surface area contributed by atoms with Crippen molar-refractivity contribution in [2.24, 2.45) is 0 Å². The summed E-state index contributed by atoms with van der Waals surface area (Å²) >= 11 is 1.44. The normalized spacial score (nSPS) is 16.6. The molecular formula is C15H12N6O2S. The Labute approximate surface area is 140 Å². The lowest BCUT2D eigenvalue weighted by Crippen LogP contribution is -2.21. The first-order chi connectivity index (χ1) is 11.8. The molecule has 1 aliphatic heterocycles. The maximum atomic E-state index is 6.01. The topological polar surface area (TPSA) is 90.2 Å². The summed E-state index contributed by atoms with van der Waals surface area (Å²) in [6, 6.07) is 9.53. The van der Waals surface area contributed by atoms with Gasteiger partial charge in [-0.2, -0.15) is 14.7 Å². The van der Waals surface area contributed by atoms with Crippen LogP contribution in [0.5, 0.6) is 11.5 Å². The van der Waals surface area contributed by atoms with Crippen molar-refractivity contribution < 1.29 is 9.47 Å². The number of nitrogens with zero attached hydrogens (tertiary/aromatic N) is 5. The zero-order chi connectivity index (χ0) is 16.1. The van der Waals surface area contributed by atoms with Crippen LogP contribution in [0.3, 0.4) is 0 Å². The summed E-state index contributed by atoms with van der Waals surface area (Å²) in [6.45, 7) is 2.35. The van der Waals surface area contributed by atoms with Crippen molar-refractivity contribution in [2.75, 3.05) is 6.61 Å². The molecule has 1 aromatic carbocycles. The van der Waals surface area contributed by atoms with Crippen molar-refractivity contribution in [1.82, 2.24) is 30.0 Å². The molecule has 1 N–H and O–H groups in total. The average Bonchev–Trinajstić information content (AvgIpc) is 3.29. The molecular weight excluding hydrogens is 328 g/mol. The number of hydrogen-bond donors (Lipinski definition) is 1. The van der Waals surface area contributed by atoms with Gasteiger partial charge in [0.15, 0.2) is 22.6 Å². The Bertz CT molecular complexity index is 1040. The maximum absolute atomic E-state index is 6.01. The van der Waals surface area contributed by atoms with Gasteiger partial charge in [0, 0.05) is 5.69 Å². The van der Waals surface area contributed by atoms with E-state index in [1.165, 1.54) is 11.3 Å². The second kappa shape index (κ2) is 5.03.